The van der Waals surface area contributed by atoms with Gasteiger partial charge < -0.3 is 10.6 Å². The zero-order valence-corrected chi connectivity index (χ0v) is 11.5. The molecule has 98 valence electrons. The molecule has 1 aliphatic heterocycles. The first kappa shape index (κ1) is 13.2. The van der Waals surface area contributed by atoms with E-state index in [9.17, 15) is 4.79 Å². The molecule has 0 aromatic rings. The van der Waals surface area contributed by atoms with Crippen molar-refractivity contribution in [3.63, 3.8) is 0 Å². The van der Waals surface area contributed by atoms with Crippen LogP contribution < -0.4 is 10.6 Å². The first-order valence-corrected chi connectivity index (χ1v) is 8.01. The highest BCUT2D eigenvalue weighted by atomic mass is 32.2. The highest BCUT2D eigenvalue weighted by Crippen LogP contribution is 2.23. The molecule has 1 saturated heterocycles. The van der Waals surface area contributed by atoms with E-state index >= 15 is 0 Å². The Morgan fingerprint density at radius 2 is 2.24 bits per heavy atom. The summed E-state index contributed by atoms with van der Waals surface area (Å²) in [6.07, 6.45) is 5.68. The molecule has 0 aromatic heterocycles. The van der Waals surface area contributed by atoms with Crippen LogP contribution in [0.1, 0.15) is 39.0 Å². The van der Waals surface area contributed by atoms with Crippen molar-refractivity contribution < 1.29 is 4.79 Å². The van der Waals surface area contributed by atoms with E-state index in [1.54, 1.807) is 0 Å². The number of hydrogen-bond donors (Lipinski definition) is 2. The van der Waals surface area contributed by atoms with Gasteiger partial charge in [0, 0.05) is 36.6 Å². The van der Waals surface area contributed by atoms with Crippen molar-refractivity contribution in [2.24, 2.45) is 5.92 Å². The third kappa shape index (κ3) is 4.18. The maximum Gasteiger partial charge on any atom is 0.221 e. The molecule has 3 unspecified atom stereocenters. The number of thioether (sulfide) groups is 1. The van der Waals surface area contributed by atoms with Crippen LogP contribution in [-0.4, -0.2) is 36.0 Å². The molecule has 2 fully saturated rings. The summed E-state index contributed by atoms with van der Waals surface area (Å²) >= 11 is 1.95. The van der Waals surface area contributed by atoms with E-state index in [4.69, 9.17) is 0 Å². The number of carbonyl (C=O) groups is 1. The van der Waals surface area contributed by atoms with Crippen LogP contribution in [0.3, 0.4) is 0 Å². The number of nitrogens with one attached hydrogen (secondary N) is 2. The van der Waals surface area contributed by atoms with Crippen LogP contribution in [0.25, 0.3) is 0 Å². The zero-order valence-electron chi connectivity index (χ0n) is 10.7. The third-order valence-electron chi connectivity index (χ3n) is 3.89. The van der Waals surface area contributed by atoms with Crippen LogP contribution in [0.5, 0.6) is 0 Å². The molecular formula is C13H24N2OS. The Balaban J connectivity index is 1.72. The molecule has 3 nitrogen and oxygen atoms in total. The number of carbonyl (C=O) groups excluding carboxylic acids is 1. The minimum atomic E-state index is 0.240. The minimum Gasteiger partial charge on any atom is -0.353 e. The first-order valence-electron chi connectivity index (χ1n) is 6.86. The van der Waals surface area contributed by atoms with Crippen LogP contribution in [0.4, 0.5) is 0 Å². The van der Waals surface area contributed by atoms with Gasteiger partial charge in [-0.25, -0.2) is 0 Å². The Kier molecular flexibility index (Phi) is 5.16. The average molecular weight is 256 g/mol. The summed E-state index contributed by atoms with van der Waals surface area (Å²) in [4.78, 5) is 12.0. The van der Waals surface area contributed by atoms with Crippen molar-refractivity contribution in [1.29, 1.82) is 0 Å². The van der Waals surface area contributed by atoms with Gasteiger partial charge in [-0.1, -0.05) is 19.8 Å². The summed E-state index contributed by atoms with van der Waals surface area (Å²) in [5.41, 5.74) is 0. The van der Waals surface area contributed by atoms with Gasteiger partial charge in [0.05, 0.1) is 0 Å². The number of amides is 1. The van der Waals surface area contributed by atoms with Crippen molar-refractivity contribution in [1.82, 2.24) is 10.6 Å². The van der Waals surface area contributed by atoms with E-state index in [1.807, 2.05) is 11.8 Å². The van der Waals surface area contributed by atoms with Crippen LogP contribution >= 0.6 is 11.8 Å². The fourth-order valence-corrected chi connectivity index (χ4v) is 3.72. The van der Waals surface area contributed by atoms with Gasteiger partial charge in [0.15, 0.2) is 0 Å². The van der Waals surface area contributed by atoms with Crippen LogP contribution in [0, 0.1) is 5.92 Å². The predicted molar refractivity (Wildman–Crippen MR) is 73.3 cm³/mol. The summed E-state index contributed by atoms with van der Waals surface area (Å²) in [6.45, 7) is 3.31. The molecule has 17 heavy (non-hydrogen) atoms. The molecular weight excluding hydrogens is 232 g/mol. The fourth-order valence-electron chi connectivity index (χ4n) is 2.77. The average Bonchev–Trinajstić information content (AvgIpc) is 2.33. The highest BCUT2D eigenvalue weighted by Gasteiger charge is 2.24. The second kappa shape index (κ2) is 6.64. The minimum absolute atomic E-state index is 0.240. The van der Waals surface area contributed by atoms with Crippen LogP contribution in [-0.2, 0) is 4.79 Å². The summed E-state index contributed by atoms with van der Waals surface area (Å²) in [5.74, 6) is 3.15. The molecule has 2 aliphatic rings. The van der Waals surface area contributed by atoms with Crippen LogP contribution in [0.15, 0.2) is 0 Å². The molecule has 1 heterocycles. The molecule has 1 amide bonds. The molecule has 1 saturated carbocycles. The van der Waals surface area contributed by atoms with Gasteiger partial charge in [0.2, 0.25) is 5.91 Å². The fraction of sp³-hybridized carbons (Fsp3) is 0.923. The van der Waals surface area contributed by atoms with E-state index in [2.05, 4.69) is 17.6 Å². The van der Waals surface area contributed by atoms with E-state index in [1.165, 1.54) is 31.4 Å². The normalized spacial score (nSPS) is 34.3. The van der Waals surface area contributed by atoms with Gasteiger partial charge in [-0.2, -0.15) is 11.8 Å². The quantitative estimate of drug-likeness (QED) is 0.809. The van der Waals surface area contributed by atoms with E-state index in [-0.39, 0.29) is 5.91 Å². The maximum absolute atomic E-state index is 12.0. The molecule has 2 rings (SSSR count). The lowest BCUT2D eigenvalue weighted by Gasteiger charge is -2.30. The molecule has 0 radical (unpaired) electrons. The zero-order chi connectivity index (χ0) is 12.1. The van der Waals surface area contributed by atoms with Crippen molar-refractivity contribution >= 4 is 17.7 Å². The second-order valence-electron chi connectivity index (χ2n) is 5.37. The first-order chi connectivity index (χ1) is 8.25. The Morgan fingerprint density at radius 3 is 2.94 bits per heavy atom. The summed E-state index contributed by atoms with van der Waals surface area (Å²) < 4.78 is 0. The molecule has 1 aliphatic carbocycles. The van der Waals surface area contributed by atoms with Crippen molar-refractivity contribution in [2.45, 2.75) is 51.1 Å². The number of rotatable bonds is 3. The lowest BCUT2D eigenvalue weighted by Crippen LogP contribution is -2.45. The Hall–Kier alpha value is -0.220. The Morgan fingerprint density at radius 1 is 1.41 bits per heavy atom. The largest absolute Gasteiger partial charge is 0.353 e. The summed E-state index contributed by atoms with van der Waals surface area (Å²) in [7, 11) is 0. The van der Waals surface area contributed by atoms with Gasteiger partial charge in [0.1, 0.15) is 0 Å². The Labute approximate surface area is 108 Å². The van der Waals surface area contributed by atoms with E-state index < -0.39 is 0 Å². The van der Waals surface area contributed by atoms with Crippen molar-refractivity contribution in [2.75, 3.05) is 18.1 Å². The molecule has 4 heteroatoms. The summed E-state index contributed by atoms with van der Waals surface area (Å²) in [6, 6.07) is 0.806. The van der Waals surface area contributed by atoms with E-state index in [0.717, 1.165) is 12.3 Å². The molecule has 2 N–H and O–H groups in total. The van der Waals surface area contributed by atoms with Crippen LogP contribution in [0.2, 0.25) is 0 Å². The molecule has 0 aromatic carbocycles. The smallest absolute Gasteiger partial charge is 0.221 e. The van der Waals surface area contributed by atoms with Gasteiger partial charge in [-0.3, -0.25) is 4.79 Å². The lowest BCUT2D eigenvalue weighted by molar-refractivity contribution is -0.122. The predicted octanol–water partition coefficient (Wildman–Crippen LogP) is 1.78. The molecule has 0 bridgehead atoms. The van der Waals surface area contributed by atoms with Crippen molar-refractivity contribution in [3.05, 3.63) is 0 Å². The lowest BCUT2D eigenvalue weighted by atomic mass is 9.86. The van der Waals surface area contributed by atoms with Gasteiger partial charge in [-0.05, 0) is 18.8 Å². The SMILES string of the molecule is CC1CCCCC1NC(=O)CC1CSCCN1. The number of hydrogen-bond acceptors (Lipinski definition) is 3. The second-order valence-corrected chi connectivity index (χ2v) is 6.52. The Bertz CT molecular complexity index is 254. The van der Waals surface area contributed by atoms with Crippen molar-refractivity contribution in [3.8, 4) is 0 Å². The van der Waals surface area contributed by atoms with Gasteiger partial charge in [-0.15, -0.1) is 0 Å². The topological polar surface area (TPSA) is 41.1 Å². The molecule has 0 spiro atoms. The summed E-state index contributed by atoms with van der Waals surface area (Å²) in [5, 5.41) is 6.64. The standard InChI is InChI=1S/C13H24N2OS/c1-10-4-2-3-5-12(10)15-13(16)8-11-9-17-7-6-14-11/h10-12,14H,2-9H2,1H3,(H,15,16). The maximum atomic E-state index is 12.0. The van der Waals surface area contributed by atoms with Gasteiger partial charge in [0.25, 0.3) is 0 Å². The highest BCUT2D eigenvalue weighted by molar-refractivity contribution is 7.99. The molecule has 3 atom stereocenters. The third-order valence-corrected chi connectivity index (χ3v) is 5.02. The van der Waals surface area contributed by atoms with Gasteiger partial charge >= 0.3 is 0 Å². The monoisotopic (exact) mass is 256 g/mol. The van der Waals surface area contributed by atoms with E-state index in [0.29, 0.717) is 24.4 Å².